The summed E-state index contributed by atoms with van der Waals surface area (Å²) in [6.45, 7) is 1.80. The lowest BCUT2D eigenvalue weighted by Crippen LogP contribution is -2.32. The Labute approximate surface area is 157 Å². The van der Waals surface area contributed by atoms with Gasteiger partial charge >= 0.3 is 0 Å². The predicted octanol–water partition coefficient (Wildman–Crippen LogP) is 4.98. The average molecular weight is 379 g/mol. The molecular formula is C19H20Cl2N2O2. The number of nitrogens with zero attached hydrogens (tertiary/aromatic N) is 2. The Hall–Kier alpha value is -1.78. The van der Waals surface area contributed by atoms with Gasteiger partial charge in [0.1, 0.15) is 12.3 Å². The Morgan fingerprint density at radius 3 is 2.32 bits per heavy atom. The third-order valence-electron chi connectivity index (χ3n) is 4.20. The molecule has 0 saturated carbocycles. The molecule has 1 aromatic heterocycles. The van der Waals surface area contributed by atoms with Gasteiger partial charge in [-0.15, -0.1) is 0 Å². The molecule has 132 valence electrons. The van der Waals surface area contributed by atoms with Crippen molar-refractivity contribution in [2.24, 2.45) is 0 Å². The highest BCUT2D eigenvalue weighted by molar-refractivity contribution is 6.37. The van der Waals surface area contributed by atoms with E-state index in [0.717, 1.165) is 25.9 Å². The molecule has 6 heteroatoms. The van der Waals surface area contributed by atoms with E-state index in [-0.39, 0.29) is 12.5 Å². The van der Waals surface area contributed by atoms with E-state index in [0.29, 0.717) is 27.2 Å². The Morgan fingerprint density at radius 1 is 1.00 bits per heavy atom. The fourth-order valence-electron chi connectivity index (χ4n) is 2.88. The molecular weight excluding hydrogens is 359 g/mol. The number of amides is 1. The van der Waals surface area contributed by atoms with Gasteiger partial charge in [0.05, 0.1) is 15.7 Å². The third-order valence-corrected chi connectivity index (χ3v) is 4.80. The molecule has 1 fully saturated rings. The molecule has 1 aliphatic rings. The molecule has 0 spiro atoms. The van der Waals surface area contributed by atoms with Gasteiger partial charge < -0.3 is 9.64 Å². The second-order valence-corrected chi connectivity index (χ2v) is 6.87. The molecule has 1 saturated heterocycles. The van der Waals surface area contributed by atoms with E-state index in [1.54, 1.807) is 24.3 Å². The number of carbonyl (C=O) groups excluding carboxylic acids is 1. The Balaban J connectivity index is 1.70. The first-order chi connectivity index (χ1) is 12.1. The fraction of sp³-hybridized carbons (Fsp3) is 0.368. The van der Waals surface area contributed by atoms with Gasteiger partial charge in [-0.1, -0.05) is 48.2 Å². The highest BCUT2D eigenvalue weighted by atomic mass is 35.5. The summed E-state index contributed by atoms with van der Waals surface area (Å²) < 4.78 is 5.70. The van der Waals surface area contributed by atoms with Crippen molar-refractivity contribution in [3.05, 3.63) is 57.8 Å². The second-order valence-electron chi connectivity index (χ2n) is 6.06. The van der Waals surface area contributed by atoms with Crippen molar-refractivity contribution in [1.82, 2.24) is 9.88 Å². The van der Waals surface area contributed by atoms with Crippen LogP contribution < -0.4 is 4.74 Å². The number of likely N-dealkylation sites (tertiary alicyclic amines) is 1. The first kappa shape index (κ1) is 18.0. The molecule has 4 nitrogen and oxygen atoms in total. The van der Waals surface area contributed by atoms with E-state index >= 15 is 0 Å². The van der Waals surface area contributed by atoms with E-state index in [1.807, 2.05) is 17.0 Å². The number of carbonyl (C=O) groups is 1. The van der Waals surface area contributed by atoms with Crippen LogP contribution >= 0.6 is 23.2 Å². The largest absolute Gasteiger partial charge is 0.484 e. The minimum Gasteiger partial charge on any atom is -0.484 e. The van der Waals surface area contributed by atoms with Crippen molar-refractivity contribution in [2.45, 2.75) is 32.3 Å². The van der Waals surface area contributed by atoms with E-state index in [2.05, 4.69) is 4.98 Å². The number of rotatable bonds is 4. The lowest BCUT2D eigenvalue weighted by molar-refractivity contribution is 0.0755. The molecule has 0 atom stereocenters. The number of pyridine rings is 1. The smallest absolute Gasteiger partial charge is 0.272 e. The SMILES string of the molecule is O=C(c1cccc(COc2c(Cl)cccc2Cl)n1)N1CCCCCC1. The van der Waals surface area contributed by atoms with Crippen LogP contribution in [0.25, 0.3) is 0 Å². The summed E-state index contributed by atoms with van der Waals surface area (Å²) in [7, 11) is 0. The highest BCUT2D eigenvalue weighted by Crippen LogP contribution is 2.32. The molecule has 0 N–H and O–H groups in total. The molecule has 1 aliphatic heterocycles. The Kier molecular flexibility index (Phi) is 6.16. The van der Waals surface area contributed by atoms with Gasteiger partial charge in [-0.3, -0.25) is 4.79 Å². The van der Waals surface area contributed by atoms with E-state index < -0.39 is 0 Å². The lowest BCUT2D eigenvalue weighted by atomic mass is 10.2. The zero-order chi connectivity index (χ0) is 17.6. The number of aromatic nitrogens is 1. The summed E-state index contributed by atoms with van der Waals surface area (Å²) in [5.74, 6) is 0.413. The van der Waals surface area contributed by atoms with Crippen LogP contribution in [0.15, 0.2) is 36.4 Å². The standard InChI is InChI=1S/C19H20Cl2N2O2/c20-15-8-6-9-16(21)18(15)25-13-14-7-5-10-17(22-14)19(24)23-11-3-1-2-4-12-23/h5-10H,1-4,11-13H2. The van der Waals surface area contributed by atoms with Gasteiger partial charge in [0.25, 0.3) is 5.91 Å². The van der Waals surface area contributed by atoms with Crippen LogP contribution in [0.2, 0.25) is 10.0 Å². The summed E-state index contributed by atoms with van der Waals surface area (Å²) in [5, 5.41) is 0.897. The maximum absolute atomic E-state index is 12.7. The molecule has 3 rings (SSSR count). The van der Waals surface area contributed by atoms with Crippen LogP contribution in [0, 0.1) is 0 Å². The number of benzene rings is 1. The number of hydrogen-bond acceptors (Lipinski definition) is 3. The summed E-state index contributed by atoms with van der Waals surface area (Å²) in [4.78, 5) is 19.0. The van der Waals surface area contributed by atoms with Gasteiger partial charge in [-0.05, 0) is 37.1 Å². The zero-order valence-corrected chi connectivity index (χ0v) is 15.4. The van der Waals surface area contributed by atoms with Crippen molar-refractivity contribution in [3.8, 4) is 5.75 Å². The van der Waals surface area contributed by atoms with Crippen LogP contribution in [0.3, 0.4) is 0 Å². The minimum absolute atomic E-state index is 0.0143. The lowest BCUT2D eigenvalue weighted by Gasteiger charge is -2.20. The van der Waals surface area contributed by atoms with Crippen molar-refractivity contribution in [2.75, 3.05) is 13.1 Å². The highest BCUT2D eigenvalue weighted by Gasteiger charge is 2.18. The first-order valence-corrected chi connectivity index (χ1v) is 9.23. The molecule has 0 unspecified atom stereocenters. The van der Waals surface area contributed by atoms with E-state index in [1.165, 1.54) is 12.8 Å². The van der Waals surface area contributed by atoms with Crippen molar-refractivity contribution >= 4 is 29.1 Å². The summed E-state index contributed by atoms with van der Waals surface area (Å²) in [6, 6.07) is 10.6. The Morgan fingerprint density at radius 2 is 1.64 bits per heavy atom. The molecule has 2 heterocycles. The molecule has 1 aromatic carbocycles. The molecule has 0 radical (unpaired) electrons. The summed E-state index contributed by atoms with van der Waals surface area (Å²) in [6.07, 6.45) is 4.48. The van der Waals surface area contributed by atoms with Crippen LogP contribution in [-0.4, -0.2) is 28.9 Å². The van der Waals surface area contributed by atoms with Gasteiger partial charge in [-0.2, -0.15) is 0 Å². The van der Waals surface area contributed by atoms with Gasteiger partial charge in [0.15, 0.2) is 5.75 Å². The molecule has 0 bridgehead atoms. The fourth-order valence-corrected chi connectivity index (χ4v) is 3.39. The molecule has 25 heavy (non-hydrogen) atoms. The summed E-state index contributed by atoms with van der Waals surface area (Å²) in [5.41, 5.74) is 1.12. The van der Waals surface area contributed by atoms with E-state index in [4.69, 9.17) is 27.9 Å². The maximum atomic E-state index is 12.7. The first-order valence-electron chi connectivity index (χ1n) is 8.47. The predicted molar refractivity (Wildman–Crippen MR) is 99.4 cm³/mol. The monoisotopic (exact) mass is 378 g/mol. The molecule has 1 amide bonds. The topological polar surface area (TPSA) is 42.4 Å². The average Bonchev–Trinajstić information content (AvgIpc) is 2.90. The second kappa shape index (κ2) is 8.54. The number of halogens is 2. The van der Waals surface area contributed by atoms with Crippen molar-refractivity contribution < 1.29 is 9.53 Å². The van der Waals surface area contributed by atoms with Gasteiger partial charge in [0, 0.05) is 13.1 Å². The normalized spacial score (nSPS) is 14.9. The number of para-hydroxylation sites is 1. The van der Waals surface area contributed by atoms with E-state index in [9.17, 15) is 4.79 Å². The van der Waals surface area contributed by atoms with Crippen LogP contribution in [0.5, 0.6) is 5.75 Å². The number of ether oxygens (including phenoxy) is 1. The third kappa shape index (κ3) is 4.65. The molecule has 0 aliphatic carbocycles. The maximum Gasteiger partial charge on any atom is 0.272 e. The van der Waals surface area contributed by atoms with Crippen molar-refractivity contribution in [3.63, 3.8) is 0 Å². The van der Waals surface area contributed by atoms with Gasteiger partial charge in [-0.25, -0.2) is 4.98 Å². The molecule has 2 aromatic rings. The van der Waals surface area contributed by atoms with Crippen LogP contribution in [-0.2, 0) is 6.61 Å². The quantitative estimate of drug-likeness (QED) is 0.752. The van der Waals surface area contributed by atoms with Gasteiger partial charge in [0.2, 0.25) is 0 Å². The Bertz CT molecular complexity index is 724. The van der Waals surface area contributed by atoms with Crippen LogP contribution in [0.1, 0.15) is 41.9 Å². The summed E-state index contributed by atoms with van der Waals surface area (Å²) >= 11 is 12.2. The minimum atomic E-state index is -0.0143. The van der Waals surface area contributed by atoms with Crippen LogP contribution in [0.4, 0.5) is 0 Å². The zero-order valence-electron chi connectivity index (χ0n) is 13.9. The van der Waals surface area contributed by atoms with Crippen molar-refractivity contribution in [1.29, 1.82) is 0 Å². The number of hydrogen-bond donors (Lipinski definition) is 0.